The van der Waals surface area contributed by atoms with E-state index in [1.165, 1.54) is 0 Å². The highest BCUT2D eigenvalue weighted by molar-refractivity contribution is 6.29. The molecule has 9 heteroatoms. The van der Waals surface area contributed by atoms with E-state index < -0.39 is 0 Å². The van der Waals surface area contributed by atoms with Crippen LogP contribution in [0.2, 0.25) is 5.28 Å². The molecule has 0 unspecified atom stereocenters. The summed E-state index contributed by atoms with van der Waals surface area (Å²) in [6.07, 6.45) is 3.91. The van der Waals surface area contributed by atoms with Crippen molar-refractivity contribution in [2.45, 2.75) is 25.2 Å². The molecule has 6 rings (SSSR count). The number of para-hydroxylation sites is 1. The van der Waals surface area contributed by atoms with Gasteiger partial charge in [0.1, 0.15) is 6.67 Å². The monoisotopic (exact) mass is 367 g/mol. The SMILES string of the molecule is CC1(c2noc(N3CN=C4c5ccccc5-n5c(cnc5Cl)N43)n2)CC1. The van der Waals surface area contributed by atoms with Crippen LogP contribution >= 0.6 is 11.6 Å². The molecule has 1 fully saturated rings. The van der Waals surface area contributed by atoms with Gasteiger partial charge >= 0.3 is 6.01 Å². The number of halogens is 1. The van der Waals surface area contributed by atoms with Crippen LogP contribution in [0.3, 0.4) is 0 Å². The fraction of sp³-hybridized carbons (Fsp3) is 0.294. The molecule has 0 bridgehead atoms. The zero-order chi connectivity index (χ0) is 17.5. The largest absolute Gasteiger partial charge is 0.345 e. The van der Waals surface area contributed by atoms with E-state index >= 15 is 0 Å². The highest BCUT2D eigenvalue weighted by atomic mass is 35.5. The molecule has 8 nitrogen and oxygen atoms in total. The Morgan fingerprint density at radius 1 is 1.23 bits per heavy atom. The van der Waals surface area contributed by atoms with Crippen LogP contribution in [0.1, 0.15) is 31.2 Å². The Balaban J connectivity index is 1.49. The fourth-order valence-electron chi connectivity index (χ4n) is 3.48. The Hall–Kier alpha value is -2.87. The molecule has 1 saturated carbocycles. The van der Waals surface area contributed by atoms with Gasteiger partial charge in [-0.15, -0.1) is 0 Å². The molecule has 0 amide bonds. The average molecular weight is 368 g/mol. The smallest absolute Gasteiger partial charge is 0.313 e. The number of hydrazine groups is 1. The summed E-state index contributed by atoms with van der Waals surface area (Å²) in [5.74, 6) is 2.37. The minimum absolute atomic E-state index is 0.0464. The van der Waals surface area contributed by atoms with E-state index in [-0.39, 0.29) is 5.41 Å². The second-order valence-corrected chi connectivity index (χ2v) is 7.37. The maximum Gasteiger partial charge on any atom is 0.345 e. The molecule has 4 heterocycles. The first-order chi connectivity index (χ1) is 12.7. The van der Waals surface area contributed by atoms with Crippen molar-refractivity contribution in [3.63, 3.8) is 0 Å². The van der Waals surface area contributed by atoms with E-state index in [2.05, 4.69) is 22.0 Å². The van der Waals surface area contributed by atoms with Crippen molar-refractivity contribution in [2.24, 2.45) is 4.99 Å². The second-order valence-electron chi connectivity index (χ2n) is 7.03. The van der Waals surface area contributed by atoms with E-state index in [0.29, 0.717) is 18.0 Å². The van der Waals surface area contributed by atoms with E-state index in [9.17, 15) is 0 Å². The first kappa shape index (κ1) is 14.3. The van der Waals surface area contributed by atoms with Crippen LogP contribution in [0.25, 0.3) is 5.69 Å². The van der Waals surface area contributed by atoms with E-state index in [4.69, 9.17) is 21.1 Å². The lowest BCUT2D eigenvalue weighted by molar-refractivity contribution is 0.403. The van der Waals surface area contributed by atoms with Gasteiger partial charge in [-0.05, 0) is 36.6 Å². The van der Waals surface area contributed by atoms with Crippen LogP contribution in [0.15, 0.2) is 40.0 Å². The molecule has 0 atom stereocenters. The number of amidine groups is 1. The van der Waals surface area contributed by atoms with E-state index in [1.54, 1.807) is 6.20 Å². The summed E-state index contributed by atoms with van der Waals surface area (Å²) < 4.78 is 7.46. The van der Waals surface area contributed by atoms with Gasteiger partial charge in [0.15, 0.2) is 17.5 Å². The lowest BCUT2D eigenvalue weighted by atomic mass is 10.1. The quantitative estimate of drug-likeness (QED) is 0.693. The summed E-state index contributed by atoms with van der Waals surface area (Å²) >= 11 is 6.36. The van der Waals surface area contributed by atoms with Gasteiger partial charge < -0.3 is 4.52 Å². The maximum absolute atomic E-state index is 6.36. The fourth-order valence-corrected chi connectivity index (χ4v) is 3.71. The predicted molar refractivity (Wildman–Crippen MR) is 95.8 cm³/mol. The topological polar surface area (TPSA) is 75.6 Å². The number of anilines is 2. The first-order valence-electron chi connectivity index (χ1n) is 8.45. The summed E-state index contributed by atoms with van der Waals surface area (Å²) in [7, 11) is 0. The Morgan fingerprint density at radius 3 is 2.92 bits per heavy atom. The highest BCUT2D eigenvalue weighted by Crippen LogP contribution is 2.47. The number of hydrogen-bond acceptors (Lipinski definition) is 7. The summed E-state index contributed by atoms with van der Waals surface area (Å²) in [5.41, 5.74) is 1.99. The third-order valence-corrected chi connectivity index (χ3v) is 5.54. The van der Waals surface area contributed by atoms with Gasteiger partial charge in [0.2, 0.25) is 5.28 Å². The average Bonchev–Trinajstić information content (AvgIpc) is 3.06. The lowest BCUT2D eigenvalue weighted by Crippen LogP contribution is -2.45. The summed E-state index contributed by atoms with van der Waals surface area (Å²) in [4.78, 5) is 13.6. The number of nitrogens with zero attached hydrogens (tertiary/aromatic N) is 7. The van der Waals surface area contributed by atoms with Crippen LogP contribution in [0.5, 0.6) is 0 Å². The summed E-state index contributed by atoms with van der Waals surface area (Å²) in [6.45, 7) is 2.55. The minimum atomic E-state index is 0.0464. The summed E-state index contributed by atoms with van der Waals surface area (Å²) in [6, 6.07) is 8.41. The summed E-state index contributed by atoms with van der Waals surface area (Å²) in [5, 5.41) is 8.38. The molecule has 3 aromatic rings. The Labute approximate surface area is 153 Å². The number of rotatable bonds is 2. The number of aromatic nitrogens is 4. The third-order valence-electron chi connectivity index (χ3n) is 5.28. The molecule has 0 saturated heterocycles. The van der Waals surface area contributed by atoms with Gasteiger partial charge in [0, 0.05) is 11.0 Å². The molecule has 1 aromatic carbocycles. The molecule has 26 heavy (non-hydrogen) atoms. The van der Waals surface area contributed by atoms with Crippen molar-refractivity contribution in [3.05, 3.63) is 47.1 Å². The zero-order valence-corrected chi connectivity index (χ0v) is 14.7. The Kier molecular flexibility index (Phi) is 2.56. The van der Waals surface area contributed by atoms with Crippen molar-refractivity contribution in [2.75, 3.05) is 16.7 Å². The lowest BCUT2D eigenvalue weighted by Gasteiger charge is -2.33. The second kappa shape index (κ2) is 4.64. The standard InChI is InChI=1S/C17H14ClN7O/c1-17(6-7-17)14-21-16(26-22-14)23-9-20-13-10-4-2-3-5-11(10)24-12(25(13)23)8-19-15(24)18/h2-5,8H,6-7,9H2,1H3. The van der Waals surface area contributed by atoms with Crippen molar-refractivity contribution in [1.29, 1.82) is 0 Å². The molecule has 2 aromatic heterocycles. The molecule has 3 aliphatic rings. The molecule has 2 aliphatic heterocycles. The van der Waals surface area contributed by atoms with E-state index in [1.807, 2.05) is 38.9 Å². The van der Waals surface area contributed by atoms with Gasteiger partial charge in [-0.25, -0.2) is 20.0 Å². The van der Waals surface area contributed by atoms with Gasteiger partial charge in [0.25, 0.3) is 0 Å². The van der Waals surface area contributed by atoms with Crippen LogP contribution in [-0.4, -0.2) is 32.2 Å². The predicted octanol–water partition coefficient (Wildman–Crippen LogP) is 2.92. The van der Waals surface area contributed by atoms with Crippen molar-refractivity contribution < 1.29 is 4.52 Å². The zero-order valence-electron chi connectivity index (χ0n) is 13.9. The molecule has 0 radical (unpaired) electrons. The normalized spacial score (nSPS) is 19.1. The van der Waals surface area contributed by atoms with Gasteiger partial charge in [-0.1, -0.05) is 24.2 Å². The van der Waals surface area contributed by atoms with Crippen molar-refractivity contribution >= 4 is 29.3 Å². The molecule has 1 aliphatic carbocycles. The van der Waals surface area contributed by atoms with Crippen LogP contribution in [0.4, 0.5) is 11.8 Å². The molecular formula is C17H14ClN7O. The van der Waals surface area contributed by atoms with E-state index in [0.717, 1.165) is 41.6 Å². The molecular weight excluding hydrogens is 354 g/mol. The maximum atomic E-state index is 6.36. The number of benzene rings is 1. The van der Waals surface area contributed by atoms with Gasteiger partial charge in [-0.3, -0.25) is 4.57 Å². The van der Waals surface area contributed by atoms with Gasteiger partial charge in [0.05, 0.1) is 11.9 Å². The van der Waals surface area contributed by atoms with Crippen LogP contribution < -0.4 is 10.0 Å². The number of aliphatic imine (C=N–C) groups is 1. The number of fused-ring (bicyclic) bond motifs is 6. The molecule has 0 spiro atoms. The third kappa shape index (κ3) is 1.74. The van der Waals surface area contributed by atoms with Crippen LogP contribution in [0, 0.1) is 0 Å². The van der Waals surface area contributed by atoms with Crippen molar-refractivity contribution in [3.8, 4) is 5.69 Å². The minimum Gasteiger partial charge on any atom is -0.313 e. The first-order valence-corrected chi connectivity index (χ1v) is 8.83. The van der Waals surface area contributed by atoms with Crippen LogP contribution in [-0.2, 0) is 5.41 Å². The molecule has 0 N–H and O–H groups in total. The van der Waals surface area contributed by atoms with Gasteiger partial charge in [-0.2, -0.15) is 4.98 Å². The van der Waals surface area contributed by atoms with Crippen molar-refractivity contribution in [1.82, 2.24) is 19.7 Å². The number of imidazole rings is 1. The number of hydrogen-bond donors (Lipinski definition) is 0. The molecule has 130 valence electrons. The Morgan fingerprint density at radius 2 is 2.08 bits per heavy atom. The Bertz CT molecular complexity index is 1080. The highest BCUT2D eigenvalue weighted by Gasteiger charge is 2.45.